The molecule has 0 spiro atoms. The first kappa shape index (κ1) is 25.8. The molecule has 0 saturated heterocycles. The van der Waals surface area contributed by atoms with Gasteiger partial charge in [-0.1, -0.05) is 30.3 Å². The second-order valence-corrected chi connectivity index (χ2v) is 8.88. The van der Waals surface area contributed by atoms with Crippen molar-refractivity contribution in [3.8, 4) is 46.8 Å². The summed E-state index contributed by atoms with van der Waals surface area (Å²) in [4.78, 5) is 16.6. The highest BCUT2D eigenvalue weighted by Gasteiger charge is 2.28. The summed E-state index contributed by atoms with van der Waals surface area (Å²) >= 11 is 0. The molecule has 0 radical (unpaired) electrons. The molecule has 2 heterocycles. The molecule has 0 aliphatic carbocycles. The van der Waals surface area contributed by atoms with Crippen LogP contribution >= 0.6 is 0 Å². The Balaban J connectivity index is 1.84. The molecule has 8 heteroatoms. The average Bonchev–Trinajstić information content (AvgIpc) is 2.99. The first-order chi connectivity index (χ1) is 18.8. The van der Waals surface area contributed by atoms with Crippen LogP contribution in [0.15, 0.2) is 60.7 Å². The maximum atomic E-state index is 9.77. The molecule has 0 saturated carbocycles. The molecule has 4 aromatic rings. The van der Waals surface area contributed by atoms with Crippen LogP contribution in [0.1, 0.15) is 47.5 Å². The van der Waals surface area contributed by atoms with Gasteiger partial charge >= 0.3 is 0 Å². The average molecular weight is 501 g/mol. The monoisotopic (exact) mass is 500 g/mol. The lowest BCUT2D eigenvalue weighted by molar-refractivity contribution is 0.597. The highest BCUT2D eigenvalue weighted by molar-refractivity contribution is 5.90. The first-order valence-corrected chi connectivity index (χ1v) is 11.5. The van der Waals surface area contributed by atoms with Crippen molar-refractivity contribution < 1.29 is 0 Å². The zero-order valence-corrected chi connectivity index (χ0v) is 20.9. The lowest BCUT2D eigenvalue weighted by Crippen LogP contribution is -2.22. The van der Waals surface area contributed by atoms with Crippen LogP contribution in [0.3, 0.4) is 0 Å². The Hall–Kier alpha value is -6.32. The van der Waals surface area contributed by atoms with E-state index in [4.69, 9.17) is 23.1 Å². The van der Waals surface area contributed by atoms with E-state index in [9.17, 15) is 21.0 Å². The van der Waals surface area contributed by atoms with Gasteiger partial charge in [-0.15, -0.1) is 0 Å². The van der Waals surface area contributed by atoms with Crippen LogP contribution in [0, 0.1) is 58.5 Å². The Morgan fingerprint density at radius 2 is 1.13 bits per heavy atom. The molecule has 0 aliphatic rings. The Kier molecular flexibility index (Phi) is 6.84. The second kappa shape index (κ2) is 10.3. The maximum Gasteiger partial charge on any atom is 0.212 e. The number of hydrogen-bond acceptors (Lipinski definition) is 6. The van der Waals surface area contributed by atoms with Crippen LogP contribution in [0.4, 0.5) is 11.4 Å². The quantitative estimate of drug-likeness (QED) is 0.286. The Morgan fingerprint density at radius 1 is 0.615 bits per heavy atom. The van der Waals surface area contributed by atoms with Gasteiger partial charge in [0.2, 0.25) is 11.4 Å². The highest BCUT2D eigenvalue weighted by atomic mass is 14.8. The summed E-state index contributed by atoms with van der Waals surface area (Å²) in [5.74, 6) is 0. The van der Waals surface area contributed by atoms with Crippen molar-refractivity contribution in [3.05, 3.63) is 117 Å². The van der Waals surface area contributed by atoms with Crippen molar-refractivity contribution in [2.45, 2.75) is 19.3 Å². The van der Waals surface area contributed by atoms with E-state index in [0.717, 1.165) is 0 Å². The van der Waals surface area contributed by atoms with E-state index < -0.39 is 5.41 Å². The van der Waals surface area contributed by atoms with Crippen molar-refractivity contribution in [2.75, 3.05) is 0 Å². The Bertz CT molecular complexity index is 1770. The molecule has 0 amide bonds. The molecule has 39 heavy (non-hydrogen) atoms. The third kappa shape index (κ3) is 4.40. The number of hydrogen-bond donors (Lipinski definition) is 0. The van der Waals surface area contributed by atoms with E-state index in [1.165, 1.54) is 12.1 Å². The predicted molar refractivity (Wildman–Crippen MR) is 143 cm³/mol. The summed E-state index contributed by atoms with van der Waals surface area (Å²) in [6.45, 7) is 19.0. The molecule has 2 aromatic carbocycles. The fourth-order valence-corrected chi connectivity index (χ4v) is 4.24. The molecule has 0 fully saturated rings. The van der Waals surface area contributed by atoms with Gasteiger partial charge < -0.3 is 0 Å². The normalized spacial score (nSPS) is 10.2. The van der Waals surface area contributed by atoms with Crippen LogP contribution in [0.25, 0.3) is 32.2 Å². The lowest BCUT2D eigenvalue weighted by Gasteiger charge is -2.25. The topological polar surface area (TPSA) is 130 Å². The first-order valence-electron chi connectivity index (χ1n) is 11.5. The van der Waals surface area contributed by atoms with E-state index in [-0.39, 0.29) is 33.6 Å². The minimum Gasteiger partial charge on any atom is -0.253 e. The van der Waals surface area contributed by atoms with E-state index in [1.54, 1.807) is 36.4 Å². The minimum absolute atomic E-state index is 0.00159. The van der Waals surface area contributed by atoms with Gasteiger partial charge in [0.05, 0.1) is 58.7 Å². The van der Waals surface area contributed by atoms with E-state index in [1.807, 2.05) is 50.3 Å². The second-order valence-electron chi connectivity index (χ2n) is 8.88. The predicted octanol–water partition coefficient (Wildman–Crippen LogP) is 6.72. The highest BCUT2D eigenvalue weighted by Crippen LogP contribution is 2.41. The largest absolute Gasteiger partial charge is 0.253 e. The molecular weight excluding hydrogens is 484 g/mol. The fourth-order valence-electron chi connectivity index (χ4n) is 4.24. The minimum atomic E-state index is -0.725. The van der Waals surface area contributed by atoms with Crippen molar-refractivity contribution in [3.63, 3.8) is 0 Å². The van der Waals surface area contributed by atoms with Gasteiger partial charge in [0.25, 0.3) is 0 Å². The summed E-state index contributed by atoms with van der Waals surface area (Å²) < 4.78 is 0. The zero-order chi connectivity index (χ0) is 28.2. The summed E-state index contributed by atoms with van der Waals surface area (Å²) in [5, 5.41) is 38.0. The third-order valence-corrected chi connectivity index (χ3v) is 6.38. The molecule has 0 aliphatic heterocycles. The molecule has 8 nitrogen and oxygen atoms in total. The van der Waals surface area contributed by atoms with Gasteiger partial charge in [0.15, 0.2) is 0 Å². The number of benzene rings is 2. The number of aromatic nitrogens is 2. The fraction of sp³-hybridized carbons (Fsp3) is 0.0968. The van der Waals surface area contributed by atoms with Crippen LogP contribution in [-0.2, 0) is 5.41 Å². The van der Waals surface area contributed by atoms with Crippen molar-refractivity contribution in [2.24, 2.45) is 0 Å². The lowest BCUT2D eigenvalue weighted by atomic mass is 9.84. The van der Waals surface area contributed by atoms with Gasteiger partial charge in [-0.3, -0.25) is 9.97 Å². The summed E-state index contributed by atoms with van der Waals surface area (Å²) in [5.41, 5.74) is 2.84. The Labute approximate surface area is 225 Å². The maximum absolute atomic E-state index is 9.77. The van der Waals surface area contributed by atoms with Gasteiger partial charge in [0.1, 0.15) is 18.2 Å². The standard InChI is InChI=1S/C31H16N8/c1-31(2,27-9-5-7-25(38-27)21-13-11-19(15-32)23(17-34)24(21)18-35)28-10-6-8-26(39-28)22-14-12-20(16-33)29(36-3)30(22)37-4/h5-14H,1-2H3. The van der Waals surface area contributed by atoms with Gasteiger partial charge in [-0.05, 0) is 49.7 Å². The van der Waals surface area contributed by atoms with Crippen molar-refractivity contribution in [1.82, 2.24) is 9.97 Å². The molecule has 0 N–H and O–H groups in total. The Morgan fingerprint density at radius 3 is 1.64 bits per heavy atom. The number of rotatable bonds is 4. The van der Waals surface area contributed by atoms with E-state index in [2.05, 4.69) is 9.69 Å². The zero-order valence-electron chi connectivity index (χ0n) is 20.9. The molecule has 180 valence electrons. The SMILES string of the molecule is [C-]#[N+]c1c(C#N)ccc(-c2cccc(C(C)(C)c3cccc(-c4ccc(C#N)c(C#N)c4C#N)n3)n2)c1[N+]#[C-]. The molecule has 0 atom stereocenters. The van der Waals surface area contributed by atoms with E-state index in [0.29, 0.717) is 33.9 Å². The van der Waals surface area contributed by atoms with Gasteiger partial charge in [-0.2, -0.15) is 21.0 Å². The number of pyridine rings is 2. The van der Waals surface area contributed by atoms with Gasteiger partial charge in [-0.25, -0.2) is 9.69 Å². The third-order valence-electron chi connectivity index (χ3n) is 6.38. The van der Waals surface area contributed by atoms with Gasteiger partial charge in [0, 0.05) is 16.5 Å². The van der Waals surface area contributed by atoms with Crippen LogP contribution in [0.5, 0.6) is 0 Å². The molecule has 0 bridgehead atoms. The summed E-state index contributed by atoms with van der Waals surface area (Å²) in [6.07, 6.45) is 0. The molecular formula is C31H16N8. The van der Waals surface area contributed by atoms with Crippen LogP contribution in [0.2, 0.25) is 0 Å². The van der Waals surface area contributed by atoms with Crippen molar-refractivity contribution in [1.29, 1.82) is 21.0 Å². The van der Waals surface area contributed by atoms with Crippen LogP contribution in [-0.4, -0.2) is 9.97 Å². The van der Waals surface area contributed by atoms with Crippen LogP contribution < -0.4 is 0 Å². The number of nitrogens with zero attached hydrogens (tertiary/aromatic N) is 8. The summed E-state index contributed by atoms with van der Waals surface area (Å²) in [7, 11) is 0. The van der Waals surface area contributed by atoms with Crippen molar-refractivity contribution >= 4 is 11.4 Å². The molecule has 2 aromatic heterocycles. The summed E-state index contributed by atoms with van der Waals surface area (Å²) in [6, 6.07) is 24.9. The molecule has 0 unspecified atom stereocenters. The molecule has 4 rings (SSSR count). The van der Waals surface area contributed by atoms with E-state index >= 15 is 0 Å². The number of nitriles is 4. The smallest absolute Gasteiger partial charge is 0.212 e.